The summed E-state index contributed by atoms with van der Waals surface area (Å²) in [6, 6.07) is 8.56. The van der Waals surface area contributed by atoms with Gasteiger partial charge in [-0.3, -0.25) is 4.40 Å². The molecule has 1 aromatic carbocycles. The first-order chi connectivity index (χ1) is 10.1. The number of aromatic nitrogens is 3. The predicted octanol–water partition coefficient (Wildman–Crippen LogP) is 3.49. The number of benzene rings is 1. The summed E-state index contributed by atoms with van der Waals surface area (Å²) in [5, 5.41) is 8.97. The monoisotopic (exact) mass is 321 g/mol. The van der Waals surface area contributed by atoms with Crippen LogP contribution in [0.1, 0.15) is 10.4 Å². The summed E-state index contributed by atoms with van der Waals surface area (Å²) < 4.78 is 6.38. The molecule has 0 atom stereocenters. The highest BCUT2D eigenvalue weighted by Crippen LogP contribution is 2.32. The molecule has 3 aromatic rings. The molecular formula is C14H9Cl2N3O2. The number of methoxy groups -OCH3 is 1. The predicted molar refractivity (Wildman–Crippen MR) is 79.8 cm³/mol. The Morgan fingerprint density at radius 1 is 1.19 bits per heavy atom. The number of pyridine rings is 1. The van der Waals surface area contributed by atoms with E-state index < -0.39 is 5.97 Å². The summed E-state index contributed by atoms with van der Waals surface area (Å²) in [6.45, 7) is 0. The van der Waals surface area contributed by atoms with Crippen molar-refractivity contribution in [3.63, 3.8) is 0 Å². The minimum Gasteiger partial charge on any atom is -0.465 e. The molecule has 0 saturated heterocycles. The molecule has 2 aromatic heterocycles. The summed E-state index contributed by atoms with van der Waals surface area (Å²) in [5.74, 6) is 0.0667. The molecule has 21 heavy (non-hydrogen) atoms. The zero-order valence-corrected chi connectivity index (χ0v) is 12.4. The molecule has 0 unspecified atom stereocenters. The molecule has 2 heterocycles. The summed E-state index contributed by atoms with van der Waals surface area (Å²) in [4.78, 5) is 11.6. The van der Waals surface area contributed by atoms with E-state index >= 15 is 0 Å². The molecule has 7 heteroatoms. The van der Waals surface area contributed by atoms with Crippen LogP contribution in [-0.4, -0.2) is 27.7 Å². The van der Waals surface area contributed by atoms with Gasteiger partial charge >= 0.3 is 5.97 Å². The van der Waals surface area contributed by atoms with Crippen LogP contribution in [-0.2, 0) is 4.74 Å². The maximum absolute atomic E-state index is 11.6. The zero-order valence-electron chi connectivity index (χ0n) is 10.9. The number of hydrogen-bond donors (Lipinski definition) is 0. The number of rotatable bonds is 2. The molecule has 0 aliphatic heterocycles. The van der Waals surface area contributed by atoms with Crippen molar-refractivity contribution in [3.8, 4) is 11.4 Å². The molecule has 0 fully saturated rings. The van der Waals surface area contributed by atoms with E-state index in [4.69, 9.17) is 27.9 Å². The smallest absolute Gasteiger partial charge is 0.339 e. The van der Waals surface area contributed by atoms with Crippen molar-refractivity contribution in [2.45, 2.75) is 0 Å². The van der Waals surface area contributed by atoms with Gasteiger partial charge in [0, 0.05) is 11.8 Å². The van der Waals surface area contributed by atoms with Crippen LogP contribution in [0.3, 0.4) is 0 Å². The van der Waals surface area contributed by atoms with E-state index in [1.807, 2.05) is 0 Å². The molecule has 0 N–H and O–H groups in total. The zero-order chi connectivity index (χ0) is 15.0. The molecule has 0 radical (unpaired) electrons. The lowest BCUT2D eigenvalue weighted by Crippen LogP contribution is -2.03. The van der Waals surface area contributed by atoms with Crippen molar-refractivity contribution < 1.29 is 9.53 Å². The fourth-order valence-electron chi connectivity index (χ4n) is 1.99. The Labute approximate surface area is 130 Å². The molecule has 3 rings (SSSR count). The van der Waals surface area contributed by atoms with E-state index in [1.54, 1.807) is 40.9 Å². The van der Waals surface area contributed by atoms with Crippen LogP contribution in [0.25, 0.3) is 17.0 Å². The highest BCUT2D eigenvalue weighted by Gasteiger charge is 2.15. The van der Waals surface area contributed by atoms with Gasteiger partial charge in [-0.15, -0.1) is 10.2 Å². The number of halogens is 2. The Morgan fingerprint density at radius 2 is 2.00 bits per heavy atom. The van der Waals surface area contributed by atoms with Gasteiger partial charge in [0.2, 0.25) is 0 Å². The lowest BCUT2D eigenvalue weighted by atomic mass is 10.2. The topological polar surface area (TPSA) is 56.5 Å². The van der Waals surface area contributed by atoms with Gasteiger partial charge in [-0.25, -0.2) is 4.79 Å². The van der Waals surface area contributed by atoms with Gasteiger partial charge in [0.1, 0.15) is 0 Å². The standard InChI is InChI=1S/C14H9Cl2N3O2/c1-21-14(20)8-5-6-11-17-18-13(19(11)7-8)9-3-2-4-10(15)12(9)16/h2-7H,1H3. The lowest BCUT2D eigenvalue weighted by Gasteiger charge is -2.05. The summed E-state index contributed by atoms with van der Waals surface area (Å²) in [5.41, 5.74) is 1.62. The van der Waals surface area contributed by atoms with Crippen LogP contribution >= 0.6 is 23.2 Å². The highest BCUT2D eigenvalue weighted by atomic mass is 35.5. The van der Waals surface area contributed by atoms with Crippen molar-refractivity contribution >= 4 is 34.8 Å². The normalized spacial score (nSPS) is 10.8. The number of nitrogens with zero attached hydrogens (tertiary/aromatic N) is 3. The Bertz CT molecular complexity index is 845. The lowest BCUT2D eigenvalue weighted by molar-refractivity contribution is 0.0600. The second kappa shape index (κ2) is 5.35. The first-order valence-corrected chi connectivity index (χ1v) is 6.75. The molecule has 0 aliphatic rings. The average molecular weight is 322 g/mol. The quantitative estimate of drug-likeness (QED) is 0.678. The van der Waals surface area contributed by atoms with Crippen molar-refractivity contribution in [3.05, 3.63) is 52.1 Å². The van der Waals surface area contributed by atoms with Crippen LogP contribution < -0.4 is 0 Å². The minimum atomic E-state index is -0.436. The van der Waals surface area contributed by atoms with Crippen molar-refractivity contribution in [2.75, 3.05) is 7.11 Å². The minimum absolute atomic E-state index is 0.386. The summed E-state index contributed by atoms with van der Waals surface area (Å²) >= 11 is 12.2. The molecule has 5 nitrogen and oxygen atoms in total. The second-order valence-electron chi connectivity index (χ2n) is 4.26. The fraction of sp³-hybridized carbons (Fsp3) is 0.0714. The van der Waals surface area contributed by atoms with Crippen LogP contribution in [0.15, 0.2) is 36.5 Å². The molecule has 0 bridgehead atoms. The van der Waals surface area contributed by atoms with E-state index in [0.717, 1.165) is 0 Å². The SMILES string of the molecule is COC(=O)c1ccc2nnc(-c3cccc(Cl)c3Cl)n2c1. The third-order valence-electron chi connectivity index (χ3n) is 3.02. The van der Waals surface area contributed by atoms with Gasteiger partial charge in [-0.2, -0.15) is 0 Å². The molecule has 0 aliphatic carbocycles. The first-order valence-electron chi connectivity index (χ1n) is 5.99. The van der Waals surface area contributed by atoms with Gasteiger partial charge in [-0.1, -0.05) is 29.3 Å². The number of esters is 1. The van der Waals surface area contributed by atoms with Crippen LogP contribution in [0, 0.1) is 0 Å². The number of carbonyl (C=O) groups excluding carboxylic acids is 1. The number of carbonyl (C=O) groups is 1. The summed E-state index contributed by atoms with van der Waals surface area (Å²) in [7, 11) is 1.33. The van der Waals surface area contributed by atoms with E-state index in [0.29, 0.717) is 32.6 Å². The van der Waals surface area contributed by atoms with E-state index in [2.05, 4.69) is 10.2 Å². The van der Waals surface area contributed by atoms with Crippen molar-refractivity contribution in [1.29, 1.82) is 0 Å². The third-order valence-corrected chi connectivity index (χ3v) is 3.83. The van der Waals surface area contributed by atoms with Gasteiger partial charge in [-0.05, 0) is 24.3 Å². The maximum atomic E-state index is 11.6. The van der Waals surface area contributed by atoms with Gasteiger partial charge in [0.25, 0.3) is 0 Å². The maximum Gasteiger partial charge on any atom is 0.339 e. The van der Waals surface area contributed by atoms with E-state index in [-0.39, 0.29) is 0 Å². The van der Waals surface area contributed by atoms with Crippen molar-refractivity contribution in [1.82, 2.24) is 14.6 Å². The van der Waals surface area contributed by atoms with Gasteiger partial charge in [0.15, 0.2) is 11.5 Å². The Kier molecular flexibility index (Phi) is 3.53. The number of hydrogen-bond acceptors (Lipinski definition) is 4. The Hall–Kier alpha value is -2.11. The second-order valence-corrected chi connectivity index (χ2v) is 5.05. The van der Waals surface area contributed by atoms with Crippen LogP contribution in [0.2, 0.25) is 10.0 Å². The van der Waals surface area contributed by atoms with Gasteiger partial charge in [0.05, 0.1) is 22.7 Å². The Morgan fingerprint density at radius 3 is 2.76 bits per heavy atom. The summed E-state index contributed by atoms with van der Waals surface area (Å²) in [6.07, 6.45) is 1.60. The van der Waals surface area contributed by atoms with Crippen LogP contribution in [0.5, 0.6) is 0 Å². The molecule has 106 valence electrons. The number of fused-ring (bicyclic) bond motifs is 1. The fourth-order valence-corrected chi connectivity index (χ4v) is 2.37. The van der Waals surface area contributed by atoms with E-state index in [9.17, 15) is 4.79 Å². The number of ether oxygens (including phenoxy) is 1. The van der Waals surface area contributed by atoms with Crippen molar-refractivity contribution in [2.24, 2.45) is 0 Å². The molecule has 0 spiro atoms. The average Bonchev–Trinajstić information content (AvgIpc) is 2.92. The van der Waals surface area contributed by atoms with Gasteiger partial charge < -0.3 is 4.74 Å². The van der Waals surface area contributed by atoms with E-state index in [1.165, 1.54) is 7.11 Å². The van der Waals surface area contributed by atoms with Crippen LogP contribution in [0.4, 0.5) is 0 Å². The highest BCUT2D eigenvalue weighted by molar-refractivity contribution is 6.43. The third kappa shape index (κ3) is 2.34. The Balaban J connectivity index is 2.23. The molecular weight excluding hydrogens is 313 g/mol. The first kappa shape index (κ1) is 13.9. The molecule has 0 amide bonds. The largest absolute Gasteiger partial charge is 0.465 e. The molecule has 0 saturated carbocycles.